The van der Waals surface area contributed by atoms with Gasteiger partial charge in [-0.3, -0.25) is 0 Å². The second-order valence-electron chi connectivity index (χ2n) is 10.9. The van der Waals surface area contributed by atoms with E-state index in [4.69, 9.17) is 26.4 Å². The number of hydrogen-bond donors (Lipinski definition) is 1. The third-order valence-corrected chi connectivity index (χ3v) is 18.1. The van der Waals surface area contributed by atoms with Crippen molar-refractivity contribution in [2.75, 3.05) is 13.2 Å². The van der Waals surface area contributed by atoms with Crippen molar-refractivity contribution in [2.24, 2.45) is 0 Å². The van der Waals surface area contributed by atoms with Crippen LogP contribution in [0.2, 0.25) is 24.9 Å². The second kappa shape index (κ2) is 5.89. The summed E-state index contributed by atoms with van der Waals surface area (Å²) in [7, 11) is 7.43. The van der Waals surface area contributed by atoms with E-state index < -0.39 is 24.7 Å². The van der Waals surface area contributed by atoms with Crippen molar-refractivity contribution >= 4 is 37.8 Å². The molecule has 0 heterocycles. The molecule has 1 N–H and O–H groups in total. The molecular formula is C20H35Cl2NO2SiTi. The van der Waals surface area contributed by atoms with Crippen LogP contribution in [-0.4, -0.2) is 31.9 Å². The fourth-order valence-corrected chi connectivity index (χ4v) is 18.7. The molecule has 0 bridgehead atoms. The van der Waals surface area contributed by atoms with Crippen molar-refractivity contribution in [1.82, 2.24) is 3.80 Å². The summed E-state index contributed by atoms with van der Waals surface area (Å²) < 4.78 is 15.7. The van der Waals surface area contributed by atoms with E-state index in [2.05, 4.69) is 46.5 Å². The second-order valence-corrected chi connectivity index (χ2v) is 39.7. The van der Waals surface area contributed by atoms with Crippen LogP contribution >= 0.6 is 18.6 Å². The Hall–Kier alpha value is 0.221. The molecule has 1 aliphatic carbocycles. The Morgan fingerprint density at radius 3 is 2.30 bits per heavy atom. The quantitative estimate of drug-likeness (QED) is 0.372. The Morgan fingerprint density at radius 2 is 1.74 bits per heavy atom. The van der Waals surface area contributed by atoms with Gasteiger partial charge in [-0.15, -0.1) is 0 Å². The Labute approximate surface area is 169 Å². The summed E-state index contributed by atoms with van der Waals surface area (Å²) in [6.45, 7) is 13.2. The van der Waals surface area contributed by atoms with Gasteiger partial charge in [-0.1, -0.05) is 0 Å². The molecule has 0 saturated carbocycles. The van der Waals surface area contributed by atoms with Gasteiger partial charge in [-0.2, -0.15) is 0 Å². The van der Waals surface area contributed by atoms with Gasteiger partial charge in [0.2, 0.25) is 0 Å². The van der Waals surface area contributed by atoms with Crippen LogP contribution in [0.3, 0.4) is 0 Å². The predicted molar refractivity (Wildman–Crippen MR) is 121 cm³/mol. The van der Waals surface area contributed by atoms with Crippen LogP contribution in [-0.2, 0) is 18.5 Å². The number of halogens is 2. The molecule has 0 saturated heterocycles. The van der Waals surface area contributed by atoms with E-state index in [1.807, 2.05) is 44.2 Å². The van der Waals surface area contributed by atoms with E-state index in [1.165, 1.54) is 0 Å². The van der Waals surface area contributed by atoms with Crippen LogP contribution in [0, 0.1) is 0 Å². The van der Waals surface area contributed by atoms with Crippen molar-refractivity contribution in [3.05, 3.63) is 41.5 Å². The van der Waals surface area contributed by atoms with E-state index in [9.17, 15) is 0 Å². The Bertz CT molecular complexity index is 889. The van der Waals surface area contributed by atoms with Crippen LogP contribution in [0.15, 0.2) is 30.3 Å². The Balaban J connectivity index is 2.54. The van der Waals surface area contributed by atoms with Gasteiger partial charge < -0.3 is 0 Å². The molecule has 1 aromatic carbocycles. The van der Waals surface area contributed by atoms with Gasteiger partial charge in [0.05, 0.1) is 0 Å². The van der Waals surface area contributed by atoms with Gasteiger partial charge in [-0.25, -0.2) is 0 Å². The molecule has 154 valence electrons. The summed E-state index contributed by atoms with van der Waals surface area (Å²) >= 11 is 0. The first-order valence-corrected chi connectivity index (χ1v) is 22.3. The molecule has 1 aromatic rings. The van der Waals surface area contributed by atoms with Crippen molar-refractivity contribution in [1.29, 1.82) is 0 Å². The van der Waals surface area contributed by atoms with Gasteiger partial charge in [0.25, 0.3) is 0 Å². The van der Waals surface area contributed by atoms with Gasteiger partial charge in [0, 0.05) is 0 Å². The van der Waals surface area contributed by atoms with Gasteiger partial charge in [0.1, 0.15) is 0 Å². The summed E-state index contributed by atoms with van der Waals surface area (Å²) in [5.41, 5.74) is 1.73. The predicted octanol–water partition coefficient (Wildman–Crippen LogP) is 6.39. The topological polar surface area (TPSA) is 30.5 Å². The summed E-state index contributed by atoms with van der Waals surface area (Å²) in [5.74, 6) is 0. The molecule has 27 heavy (non-hydrogen) atoms. The van der Waals surface area contributed by atoms with Crippen molar-refractivity contribution < 1.29 is 18.5 Å². The minimum absolute atomic E-state index is 0.281. The fourth-order valence-electron chi connectivity index (χ4n) is 4.35. The van der Waals surface area contributed by atoms with Crippen molar-refractivity contribution in [3.63, 3.8) is 0 Å². The standard InChI is InChI=1S/C9H7.C5H13O2Si.C4H10N.CH3.CH2.2ClH.Ti/c1-2-5-9-7-3-6-8(9)4-1;1-8(2,3)7-5-4-6;1-4(2,3)5;;;;;/h1-7H;4-5H2,1-3H3;5H,1-3H3;1H3;1H2;2*1H;/q;2*-1;;;;;+4/p-2. The summed E-state index contributed by atoms with van der Waals surface area (Å²) in [4.78, 5) is 4.55. The van der Waals surface area contributed by atoms with Gasteiger partial charge in [-0.05, 0) is 0 Å². The van der Waals surface area contributed by atoms with E-state index in [1.54, 1.807) is 0 Å². The fraction of sp³-hybridized carbons (Fsp3) is 0.550. The maximum absolute atomic E-state index is 7.58. The molecule has 3 nitrogen and oxygen atoms in total. The summed E-state index contributed by atoms with van der Waals surface area (Å²) in [5, 5.41) is 1.82. The van der Waals surface area contributed by atoms with Crippen LogP contribution < -0.4 is 3.80 Å². The number of rotatable bonds is 7. The summed E-state index contributed by atoms with van der Waals surface area (Å²) in [6, 6.07) is 8.11. The van der Waals surface area contributed by atoms with Crippen molar-refractivity contribution in [3.8, 4) is 0 Å². The molecule has 0 amide bonds. The number of allylic oxidation sites excluding steroid dienone is 1. The molecule has 2 rings (SSSR count). The third-order valence-electron chi connectivity index (χ3n) is 4.89. The first-order valence-electron chi connectivity index (χ1n) is 9.58. The van der Waals surface area contributed by atoms with Crippen molar-refractivity contribution in [2.45, 2.75) is 55.4 Å². The monoisotopic (exact) mass is 467 g/mol. The zero-order chi connectivity index (χ0) is 20.9. The van der Waals surface area contributed by atoms with E-state index in [0.29, 0.717) is 6.61 Å². The zero-order valence-corrected chi connectivity index (χ0v) is 21.8. The molecule has 1 atom stereocenters. The normalized spacial score (nSPS) is 21.8. The first kappa shape index (κ1) is 23.5. The number of hydrogen-bond acceptors (Lipinski definition) is 3. The molecule has 7 heteroatoms. The molecule has 0 aliphatic heterocycles. The number of benzene rings is 1. The molecule has 1 aliphatic rings. The third kappa shape index (κ3) is 5.43. The van der Waals surface area contributed by atoms with E-state index in [-0.39, 0.29) is 10.8 Å². The van der Waals surface area contributed by atoms with E-state index in [0.717, 1.165) is 11.1 Å². The SMILES string of the molecule is [CH2]=[Ti]([CH3])([Cl])([Cl])([NH]C(C)(C)C)([O]CCO[Si](C)(C)C)[CH]1C=Cc2ccccc21. The van der Waals surface area contributed by atoms with Gasteiger partial charge in [0.15, 0.2) is 0 Å². The Kier molecular flexibility index (Phi) is 5.13. The van der Waals surface area contributed by atoms with Crippen LogP contribution in [0.1, 0.15) is 36.1 Å². The average Bonchev–Trinajstić information content (AvgIpc) is 2.85. The molecule has 0 fully saturated rings. The maximum atomic E-state index is 7.58. The molecular weight excluding hydrogens is 433 g/mol. The number of nitrogens with one attached hydrogen (secondary N) is 1. The summed E-state index contributed by atoms with van der Waals surface area (Å²) in [6.07, 6.45) is 4.08. The molecule has 0 radical (unpaired) electrons. The van der Waals surface area contributed by atoms with E-state index >= 15 is 0 Å². The minimum atomic E-state index is -6.07. The Morgan fingerprint density at radius 1 is 1.15 bits per heavy atom. The first-order chi connectivity index (χ1) is 11.8. The molecule has 1 unspecified atom stereocenters. The van der Waals surface area contributed by atoms with Crippen LogP contribution in [0.4, 0.5) is 0 Å². The molecule has 0 aromatic heterocycles. The van der Waals surface area contributed by atoms with Gasteiger partial charge >= 0.3 is 170 Å². The number of fused-ring (bicyclic) bond motifs is 1. The average molecular weight is 468 g/mol. The van der Waals surface area contributed by atoms with Crippen LogP contribution in [0.25, 0.3) is 6.08 Å². The molecule has 0 spiro atoms. The van der Waals surface area contributed by atoms with Crippen LogP contribution in [0.5, 0.6) is 0 Å². The zero-order valence-electron chi connectivity index (χ0n) is 17.7.